The van der Waals surface area contributed by atoms with Crippen LogP contribution in [-0.4, -0.2) is 78.1 Å². The monoisotopic (exact) mass is 557 g/mol. The number of aromatic nitrogens is 4. The van der Waals surface area contributed by atoms with Gasteiger partial charge in [0.1, 0.15) is 17.0 Å². The molecule has 200 valence electrons. The maximum atomic E-state index is 13.4. The van der Waals surface area contributed by atoms with Gasteiger partial charge in [0.25, 0.3) is 5.91 Å². The topological polar surface area (TPSA) is 108 Å². The number of fused-ring (bicyclic) bond motifs is 1. The zero-order chi connectivity index (χ0) is 27.6. The molecular weight excluding hydrogens is 529 g/mol. The normalized spacial score (nSPS) is 11.4. The summed E-state index contributed by atoms with van der Waals surface area (Å²) in [5, 5.41) is 3.46. The number of nitrogens with zero attached hydrogens (tertiary/aromatic N) is 5. The van der Waals surface area contributed by atoms with Crippen molar-refractivity contribution in [2.75, 3.05) is 47.7 Å². The first kappa shape index (κ1) is 27.6. The molecular formula is C26H29Cl2N7O3. The smallest absolute Gasteiger partial charge is 0.260 e. The number of hydrogen-bond acceptors (Lipinski definition) is 8. The van der Waals surface area contributed by atoms with E-state index < -0.39 is 0 Å². The number of ether oxygens (including phenoxy) is 2. The molecule has 0 unspecified atom stereocenters. The summed E-state index contributed by atoms with van der Waals surface area (Å²) in [6, 6.07) is 5.00. The second kappa shape index (κ2) is 11.5. The van der Waals surface area contributed by atoms with Crippen LogP contribution in [0.1, 0.15) is 21.7 Å². The summed E-state index contributed by atoms with van der Waals surface area (Å²) in [4.78, 5) is 34.3. The third-order valence-electron chi connectivity index (χ3n) is 5.75. The number of methoxy groups -OCH3 is 2. The fourth-order valence-electron chi connectivity index (χ4n) is 4.12. The minimum absolute atomic E-state index is 0.292. The molecule has 0 aliphatic rings. The summed E-state index contributed by atoms with van der Waals surface area (Å²) >= 11 is 13.3. The van der Waals surface area contributed by atoms with Gasteiger partial charge in [-0.1, -0.05) is 29.3 Å². The second-order valence-electron chi connectivity index (χ2n) is 9.14. The molecule has 0 spiro atoms. The fourth-order valence-corrected chi connectivity index (χ4v) is 4.83. The van der Waals surface area contributed by atoms with Crippen molar-refractivity contribution in [1.82, 2.24) is 29.7 Å². The number of hydrogen-bond donors (Lipinski definition) is 2. The van der Waals surface area contributed by atoms with Gasteiger partial charge < -0.3 is 24.3 Å². The number of amides is 1. The number of halogens is 2. The zero-order valence-corrected chi connectivity index (χ0v) is 23.5. The van der Waals surface area contributed by atoms with Crippen molar-refractivity contribution >= 4 is 46.1 Å². The number of imidazole rings is 1. The quantitative estimate of drug-likeness (QED) is 0.304. The highest BCUT2D eigenvalue weighted by molar-refractivity contribution is 6.41. The number of aromatic amines is 1. The molecule has 10 nitrogen and oxygen atoms in total. The molecule has 0 saturated heterocycles. The highest BCUT2D eigenvalue weighted by atomic mass is 35.5. The first-order valence-electron chi connectivity index (χ1n) is 11.7. The predicted molar refractivity (Wildman–Crippen MR) is 149 cm³/mol. The van der Waals surface area contributed by atoms with Crippen LogP contribution in [0.25, 0.3) is 22.2 Å². The van der Waals surface area contributed by atoms with E-state index >= 15 is 0 Å². The fraction of sp³-hybridized carbons (Fsp3) is 0.308. The molecule has 2 N–H and O–H groups in total. The first-order chi connectivity index (χ1) is 18.1. The van der Waals surface area contributed by atoms with Gasteiger partial charge >= 0.3 is 0 Å². The van der Waals surface area contributed by atoms with E-state index in [0.717, 1.165) is 11.4 Å². The Hall–Kier alpha value is -3.44. The molecule has 2 aromatic heterocycles. The van der Waals surface area contributed by atoms with Gasteiger partial charge in [-0.15, -0.1) is 0 Å². The molecule has 4 aromatic rings. The Morgan fingerprint density at radius 3 is 2.13 bits per heavy atom. The number of carbonyl (C=O) groups is 1. The molecule has 38 heavy (non-hydrogen) atoms. The van der Waals surface area contributed by atoms with Gasteiger partial charge in [0.15, 0.2) is 0 Å². The Morgan fingerprint density at radius 1 is 0.947 bits per heavy atom. The van der Waals surface area contributed by atoms with Crippen LogP contribution in [0.3, 0.4) is 0 Å². The van der Waals surface area contributed by atoms with Crippen LogP contribution < -0.4 is 14.8 Å². The lowest BCUT2D eigenvalue weighted by Crippen LogP contribution is -2.16. The maximum Gasteiger partial charge on any atom is 0.260 e. The van der Waals surface area contributed by atoms with Gasteiger partial charge in [-0.05, 0) is 34.3 Å². The predicted octanol–water partition coefficient (Wildman–Crippen LogP) is 4.72. The van der Waals surface area contributed by atoms with Gasteiger partial charge in [0.2, 0.25) is 5.95 Å². The van der Waals surface area contributed by atoms with Crippen LogP contribution >= 0.6 is 23.2 Å². The highest BCUT2D eigenvalue weighted by Gasteiger charge is 2.24. The van der Waals surface area contributed by atoms with Crippen LogP contribution in [0.2, 0.25) is 10.0 Å². The minimum Gasteiger partial charge on any atom is -0.495 e. The van der Waals surface area contributed by atoms with Crippen LogP contribution in [0.4, 0.5) is 5.95 Å². The van der Waals surface area contributed by atoms with E-state index in [-0.39, 0.29) is 5.91 Å². The van der Waals surface area contributed by atoms with Crippen molar-refractivity contribution in [2.45, 2.75) is 13.1 Å². The zero-order valence-electron chi connectivity index (χ0n) is 22.0. The van der Waals surface area contributed by atoms with Crippen molar-refractivity contribution in [3.63, 3.8) is 0 Å². The van der Waals surface area contributed by atoms with E-state index in [4.69, 9.17) is 32.7 Å². The number of benzene rings is 2. The van der Waals surface area contributed by atoms with Crippen LogP contribution in [-0.2, 0) is 13.1 Å². The second-order valence-corrected chi connectivity index (χ2v) is 9.89. The third-order valence-corrected chi connectivity index (χ3v) is 6.50. The van der Waals surface area contributed by atoms with Crippen molar-refractivity contribution in [1.29, 1.82) is 0 Å². The molecule has 0 atom stereocenters. The van der Waals surface area contributed by atoms with E-state index in [2.05, 4.69) is 25.3 Å². The number of nitrogens with one attached hydrogen (secondary N) is 2. The van der Waals surface area contributed by atoms with E-state index in [1.54, 1.807) is 24.4 Å². The Bertz CT molecular complexity index is 1430. The van der Waals surface area contributed by atoms with Gasteiger partial charge in [-0.25, -0.2) is 4.98 Å². The lowest BCUT2D eigenvalue weighted by molar-refractivity contribution is 0.102. The summed E-state index contributed by atoms with van der Waals surface area (Å²) < 4.78 is 10.8. The summed E-state index contributed by atoms with van der Waals surface area (Å²) in [6.45, 7) is 1.28. The molecule has 0 saturated carbocycles. The van der Waals surface area contributed by atoms with Gasteiger partial charge in [-0.3, -0.25) is 20.1 Å². The molecule has 0 aliphatic carbocycles. The summed E-state index contributed by atoms with van der Waals surface area (Å²) in [6.07, 6.45) is 3.07. The number of carbonyl (C=O) groups excluding carboxylic acids is 1. The Kier molecular flexibility index (Phi) is 8.37. The van der Waals surface area contributed by atoms with Gasteiger partial charge in [0, 0.05) is 42.7 Å². The van der Waals surface area contributed by atoms with Crippen molar-refractivity contribution in [3.8, 4) is 22.6 Å². The molecule has 2 aromatic carbocycles. The third kappa shape index (κ3) is 5.53. The molecule has 12 heteroatoms. The average Bonchev–Trinajstić information content (AvgIpc) is 3.23. The summed E-state index contributed by atoms with van der Waals surface area (Å²) in [5.74, 6) is 0.751. The van der Waals surface area contributed by atoms with E-state index in [9.17, 15) is 4.79 Å². The van der Waals surface area contributed by atoms with Crippen molar-refractivity contribution in [3.05, 3.63) is 57.6 Å². The first-order valence-corrected chi connectivity index (χ1v) is 12.4. The summed E-state index contributed by atoms with van der Waals surface area (Å²) in [7, 11) is 10.9. The largest absolute Gasteiger partial charge is 0.495 e. The molecule has 2 heterocycles. The van der Waals surface area contributed by atoms with Crippen LogP contribution in [0.15, 0.2) is 30.6 Å². The lowest BCUT2D eigenvalue weighted by atomic mass is 9.99. The maximum absolute atomic E-state index is 13.4. The van der Waals surface area contributed by atoms with Crippen molar-refractivity contribution in [2.24, 2.45) is 0 Å². The number of anilines is 1. The van der Waals surface area contributed by atoms with Gasteiger partial charge in [0.05, 0.1) is 46.7 Å². The van der Waals surface area contributed by atoms with E-state index in [1.165, 1.54) is 20.4 Å². The highest BCUT2D eigenvalue weighted by Crippen LogP contribution is 2.47. The molecule has 4 rings (SSSR count). The Labute approximate surface area is 230 Å². The standard InChI is InChI=1S/C26H29Cl2N7O3/c1-34(2)12-16-17(13-35(3)4)32-26(31-16)33-25(36)15-8-7-14(23-24(15)30-10-9-29-23)20-21(27)18(37-5)11-19(38-6)22(20)28/h7-11H,12-13H2,1-6H3,(H2,31,32,33,36). The Balaban J connectivity index is 1.77. The van der Waals surface area contributed by atoms with Crippen LogP contribution in [0.5, 0.6) is 11.5 Å². The summed E-state index contributed by atoms with van der Waals surface area (Å²) in [5.41, 5.74) is 3.97. The van der Waals surface area contributed by atoms with E-state index in [0.29, 0.717) is 68.3 Å². The van der Waals surface area contributed by atoms with Crippen molar-refractivity contribution < 1.29 is 14.3 Å². The molecule has 0 fully saturated rings. The van der Waals surface area contributed by atoms with Gasteiger partial charge in [-0.2, -0.15) is 0 Å². The van der Waals surface area contributed by atoms with E-state index in [1.807, 2.05) is 38.0 Å². The molecule has 0 bridgehead atoms. The average molecular weight is 558 g/mol. The minimum atomic E-state index is -0.385. The SMILES string of the molecule is COc1cc(OC)c(Cl)c(-c2ccc(C(=O)Nc3nc(CN(C)C)c(CN(C)C)[nH]3)c3nccnc23)c1Cl. The number of rotatable bonds is 9. The van der Waals surface area contributed by atoms with Crippen LogP contribution in [0, 0.1) is 0 Å². The lowest BCUT2D eigenvalue weighted by Gasteiger charge is -2.16. The number of H-pyrrole nitrogens is 1. The molecule has 0 radical (unpaired) electrons. The Morgan fingerprint density at radius 2 is 1.55 bits per heavy atom. The molecule has 0 aliphatic heterocycles. The molecule has 1 amide bonds.